The summed E-state index contributed by atoms with van der Waals surface area (Å²) in [6.07, 6.45) is 2.65. The van der Waals surface area contributed by atoms with Gasteiger partial charge in [-0.1, -0.05) is 30.3 Å². The highest BCUT2D eigenvalue weighted by atomic mass is 32.2. The predicted molar refractivity (Wildman–Crippen MR) is 82.1 cm³/mol. The molecule has 2 rings (SSSR count). The summed E-state index contributed by atoms with van der Waals surface area (Å²) in [7, 11) is -2.44. The monoisotopic (exact) mass is 320 g/mol. The molecule has 0 aliphatic carbocycles. The molecule has 116 valence electrons. The third-order valence-electron chi connectivity index (χ3n) is 2.87. The molecule has 0 saturated heterocycles. The molecular formula is C15H16N2O4S. The minimum Gasteiger partial charge on any atom is -0.272 e. The Hall–Kier alpha value is -2.25. The van der Waals surface area contributed by atoms with E-state index >= 15 is 0 Å². The van der Waals surface area contributed by atoms with Crippen LogP contribution in [0.1, 0.15) is 5.56 Å². The molecule has 2 aromatic rings. The van der Waals surface area contributed by atoms with Crippen molar-refractivity contribution in [3.8, 4) is 11.3 Å². The molecule has 0 atom stereocenters. The zero-order valence-electron chi connectivity index (χ0n) is 12.3. The number of pyridine rings is 1. The van der Waals surface area contributed by atoms with E-state index in [0.717, 1.165) is 28.1 Å². The molecule has 0 unspecified atom stereocenters. The number of aromatic nitrogens is 1. The number of amides is 1. The molecular weight excluding hydrogens is 304 g/mol. The molecule has 1 heterocycles. The maximum Gasteiger partial charge on any atom is 0.285 e. The van der Waals surface area contributed by atoms with Gasteiger partial charge in [-0.15, -0.1) is 4.28 Å². The summed E-state index contributed by atoms with van der Waals surface area (Å²) in [6.45, 7) is 0. The van der Waals surface area contributed by atoms with Crippen molar-refractivity contribution in [3.05, 3.63) is 54.2 Å². The van der Waals surface area contributed by atoms with Gasteiger partial charge < -0.3 is 0 Å². The molecule has 0 radical (unpaired) electrons. The summed E-state index contributed by atoms with van der Waals surface area (Å²) in [4.78, 5) is 16.1. The molecule has 1 amide bonds. The normalized spacial score (nSPS) is 11.2. The Balaban J connectivity index is 2.04. The topological polar surface area (TPSA) is 76.6 Å². The lowest BCUT2D eigenvalue weighted by atomic mass is 10.1. The largest absolute Gasteiger partial charge is 0.285 e. The van der Waals surface area contributed by atoms with Crippen LogP contribution < -0.4 is 0 Å². The van der Waals surface area contributed by atoms with E-state index in [1.54, 1.807) is 18.3 Å². The zero-order chi connectivity index (χ0) is 16.2. The van der Waals surface area contributed by atoms with E-state index in [1.165, 1.54) is 7.05 Å². The molecule has 0 N–H and O–H groups in total. The fourth-order valence-electron chi connectivity index (χ4n) is 1.86. The Labute approximate surface area is 129 Å². The molecule has 0 saturated carbocycles. The van der Waals surface area contributed by atoms with Crippen LogP contribution in [0.3, 0.4) is 0 Å². The average Bonchev–Trinajstić information content (AvgIpc) is 2.47. The lowest BCUT2D eigenvalue weighted by molar-refractivity contribution is -0.150. The van der Waals surface area contributed by atoms with E-state index in [0.29, 0.717) is 0 Å². The lowest BCUT2D eigenvalue weighted by Crippen LogP contribution is -2.30. The molecule has 0 fully saturated rings. The Morgan fingerprint density at radius 3 is 2.41 bits per heavy atom. The molecule has 22 heavy (non-hydrogen) atoms. The van der Waals surface area contributed by atoms with Crippen LogP contribution in [0.2, 0.25) is 0 Å². The van der Waals surface area contributed by atoms with Gasteiger partial charge in [-0.05, 0) is 17.7 Å². The van der Waals surface area contributed by atoms with Crippen molar-refractivity contribution in [2.24, 2.45) is 0 Å². The number of benzene rings is 1. The smallest absolute Gasteiger partial charge is 0.272 e. The number of rotatable bonds is 5. The van der Waals surface area contributed by atoms with Crippen molar-refractivity contribution in [1.29, 1.82) is 0 Å². The zero-order valence-corrected chi connectivity index (χ0v) is 13.1. The molecule has 6 nitrogen and oxygen atoms in total. The highest BCUT2D eigenvalue weighted by molar-refractivity contribution is 7.85. The molecule has 1 aromatic heterocycles. The van der Waals surface area contributed by atoms with E-state index in [9.17, 15) is 13.2 Å². The fraction of sp³-hybridized carbons (Fsp3) is 0.200. The molecule has 0 aliphatic heterocycles. The van der Waals surface area contributed by atoms with Gasteiger partial charge in [0, 0.05) is 18.8 Å². The SMILES string of the molecule is CN(OS(C)(=O)=O)C(=O)Cc1ccc(-c2ccccn2)cc1. The molecule has 0 spiro atoms. The van der Waals surface area contributed by atoms with Gasteiger partial charge in [0.05, 0.1) is 18.4 Å². The Bertz CT molecular complexity index is 743. The Morgan fingerprint density at radius 1 is 1.18 bits per heavy atom. The minimum atomic E-state index is -3.71. The van der Waals surface area contributed by atoms with Gasteiger partial charge in [-0.3, -0.25) is 9.78 Å². The first-order valence-electron chi connectivity index (χ1n) is 6.51. The standard InChI is InChI=1S/C15H16N2O4S/c1-17(21-22(2,19)20)15(18)11-12-6-8-13(9-7-12)14-5-3-4-10-16-14/h3-10H,11H2,1-2H3. The second-order valence-electron chi connectivity index (χ2n) is 4.76. The van der Waals surface area contributed by atoms with Gasteiger partial charge in [0.15, 0.2) is 0 Å². The quantitative estimate of drug-likeness (QED) is 0.783. The highest BCUT2D eigenvalue weighted by Gasteiger charge is 2.15. The van der Waals surface area contributed by atoms with Crippen LogP contribution in [-0.4, -0.2) is 37.7 Å². The number of hydrogen-bond donors (Lipinski definition) is 0. The van der Waals surface area contributed by atoms with Crippen LogP contribution in [-0.2, 0) is 25.6 Å². The van der Waals surface area contributed by atoms with Crippen LogP contribution in [0.5, 0.6) is 0 Å². The van der Waals surface area contributed by atoms with E-state index in [2.05, 4.69) is 9.27 Å². The summed E-state index contributed by atoms with van der Waals surface area (Å²) in [5.41, 5.74) is 2.55. The number of hydroxylamine groups is 2. The third-order valence-corrected chi connectivity index (χ3v) is 3.36. The fourth-order valence-corrected chi connectivity index (χ4v) is 2.35. The summed E-state index contributed by atoms with van der Waals surface area (Å²) in [6, 6.07) is 13.0. The number of carbonyl (C=O) groups excluding carboxylic acids is 1. The van der Waals surface area contributed by atoms with E-state index in [4.69, 9.17) is 0 Å². The first kappa shape index (κ1) is 16.1. The summed E-state index contributed by atoms with van der Waals surface area (Å²) in [5.74, 6) is -0.448. The highest BCUT2D eigenvalue weighted by Crippen LogP contribution is 2.17. The van der Waals surface area contributed by atoms with Gasteiger partial charge in [0.25, 0.3) is 16.0 Å². The minimum absolute atomic E-state index is 0.0501. The number of nitrogens with zero attached hydrogens (tertiary/aromatic N) is 2. The summed E-state index contributed by atoms with van der Waals surface area (Å²) >= 11 is 0. The first-order chi connectivity index (χ1) is 10.3. The van der Waals surface area contributed by atoms with Crippen molar-refractivity contribution >= 4 is 16.0 Å². The van der Waals surface area contributed by atoms with Gasteiger partial charge in [0.1, 0.15) is 0 Å². The molecule has 7 heteroatoms. The Morgan fingerprint density at radius 2 is 1.86 bits per heavy atom. The van der Waals surface area contributed by atoms with E-state index < -0.39 is 16.0 Å². The van der Waals surface area contributed by atoms with Crippen LogP contribution in [0.25, 0.3) is 11.3 Å². The second-order valence-corrected chi connectivity index (χ2v) is 6.32. The van der Waals surface area contributed by atoms with Crippen molar-refractivity contribution in [2.75, 3.05) is 13.3 Å². The summed E-state index contributed by atoms with van der Waals surface area (Å²) < 4.78 is 26.5. The number of carbonyl (C=O) groups is 1. The number of hydrogen-bond acceptors (Lipinski definition) is 5. The second kappa shape index (κ2) is 6.67. The van der Waals surface area contributed by atoms with Crippen molar-refractivity contribution in [3.63, 3.8) is 0 Å². The predicted octanol–water partition coefficient (Wildman–Crippen LogP) is 1.64. The maximum absolute atomic E-state index is 11.9. The van der Waals surface area contributed by atoms with E-state index in [-0.39, 0.29) is 6.42 Å². The molecule has 0 bridgehead atoms. The molecule has 0 aliphatic rings. The van der Waals surface area contributed by atoms with Crippen molar-refractivity contribution < 1.29 is 17.5 Å². The average molecular weight is 320 g/mol. The van der Waals surface area contributed by atoms with Gasteiger partial charge in [-0.2, -0.15) is 8.42 Å². The number of likely N-dealkylation sites (N-methyl/N-ethyl adjacent to an activating group) is 1. The molecule has 1 aromatic carbocycles. The lowest BCUT2D eigenvalue weighted by Gasteiger charge is -2.14. The van der Waals surface area contributed by atoms with Crippen LogP contribution in [0.4, 0.5) is 0 Å². The first-order valence-corrected chi connectivity index (χ1v) is 8.33. The van der Waals surface area contributed by atoms with Crippen molar-refractivity contribution in [2.45, 2.75) is 6.42 Å². The summed E-state index contributed by atoms with van der Waals surface area (Å²) in [5, 5.41) is 0.724. The van der Waals surface area contributed by atoms with E-state index in [1.807, 2.05) is 30.3 Å². The van der Waals surface area contributed by atoms with Gasteiger partial charge in [0.2, 0.25) is 0 Å². The third kappa shape index (κ3) is 4.64. The van der Waals surface area contributed by atoms with Gasteiger partial charge in [-0.25, -0.2) is 5.06 Å². The Kier molecular flexibility index (Phi) is 4.89. The van der Waals surface area contributed by atoms with Crippen LogP contribution in [0, 0.1) is 0 Å². The van der Waals surface area contributed by atoms with Crippen LogP contribution in [0.15, 0.2) is 48.7 Å². The van der Waals surface area contributed by atoms with Crippen molar-refractivity contribution in [1.82, 2.24) is 10.0 Å². The van der Waals surface area contributed by atoms with Gasteiger partial charge >= 0.3 is 0 Å². The maximum atomic E-state index is 11.9. The van der Waals surface area contributed by atoms with Crippen LogP contribution >= 0.6 is 0 Å².